The second kappa shape index (κ2) is 9.40. The van der Waals surface area contributed by atoms with Crippen molar-refractivity contribution in [2.45, 2.75) is 59.0 Å². The Morgan fingerprint density at radius 3 is 2.56 bits per heavy atom. The first-order valence-corrected chi connectivity index (χ1v) is 12.3. The Morgan fingerprint density at radius 1 is 1.19 bits per heavy atom. The van der Waals surface area contributed by atoms with E-state index in [1.54, 1.807) is 13.2 Å². The summed E-state index contributed by atoms with van der Waals surface area (Å²) in [5, 5.41) is 0.576. The molecule has 1 aromatic heterocycles. The molecule has 0 saturated heterocycles. The summed E-state index contributed by atoms with van der Waals surface area (Å²) in [7, 11) is 1.65. The molecule has 0 unspecified atom stereocenters. The van der Waals surface area contributed by atoms with Crippen molar-refractivity contribution < 1.29 is 13.9 Å². The lowest BCUT2D eigenvalue weighted by Crippen LogP contribution is -2.41. The lowest BCUT2D eigenvalue weighted by atomic mass is 9.86. The van der Waals surface area contributed by atoms with Gasteiger partial charge in [0, 0.05) is 28.2 Å². The van der Waals surface area contributed by atoms with Gasteiger partial charge >= 0.3 is 0 Å². The molecule has 1 amide bonds. The molecule has 0 atom stereocenters. The Kier molecular flexibility index (Phi) is 6.78. The number of amides is 1. The Morgan fingerprint density at radius 2 is 1.91 bits per heavy atom. The van der Waals surface area contributed by atoms with Gasteiger partial charge < -0.3 is 9.64 Å². The van der Waals surface area contributed by atoms with E-state index in [0.717, 1.165) is 52.8 Å². The maximum atomic E-state index is 14.6. The molecule has 0 radical (unpaired) electrons. The highest BCUT2D eigenvalue weighted by atomic mass is 35.5. The van der Waals surface area contributed by atoms with E-state index in [1.807, 2.05) is 30.9 Å². The predicted molar refractivity (Wildman–Crippen MR) is 131 cm³/mol. The number of ether oxygens (including phenoxy) is 1. The standard InChI is InChI=1S/C26H29ClFNO2S/c1-15-5-9-19(10-6-15)29(14-18-13-16(2)7-12-21(18)31-4)26(30)25-23(27)22-20(28)11-8-17(3)24(22)32-25/h7-8,11-13,15,19H,5-6,9-10,14H2,1-4H3. The van der Waals surface area contributed by atoms with Crippen molar-refractivity contribution >= 4 is 38.9 Å². The largest absolute Gasteiger partial charge is 0.496 e. The number of carbonyl (C=O) groups is 1. The van der Waals surface area contributed by atoms with E-state index in [0.29, 0.717) is 22.7 Å². The predicted octanol–water partition coefficient (Wildman–Crippen LogP) is 7.54. The van der Waals surface area contributed by atoms with Gasteiger partial charge in [0.2, 0.25) is 0 Å². The minimum atomic E-state index is -0.385. The number of hydrogen-bond donors (Lipinski definition) is 0. The van der Waals surface area contributed by atoms with E-state index < -0.39 is 0 Å². The van der Waals surface area contributed by atoms with Crippen molar-refractivity contribution in [2.75, 3.05) is 7.11 Å². The van der Waals surface area contributed by atoms with E-state index in [4.69, 9.17) is 16.3 Å². The van der Waals surface area contributed by atoms with Gasteiger partial charge in [0.05, 0.1) is 12.1 Å². The maximum absolute atomic E-state index is 14.6. The van der Waals surface area contributed by atoms with Gasteiger partial charge in [-0.2, -0.15) is 0 Å². The summed E-state index contributed by atoms with van der Waals surface area (Å²) in [5.41, 5.74) is 3.01. The number of rotatable bonds is 5. The second-order valence-electron chi connectivity index (χ2n) is 8.98. The molecule has 3 nitrogen and oxygen atoms in total. The Bertz CT molecular complexity index is 1150. The van der Waals surface area contributed by atoms with Gasteiger partial charge in [-0.3, -0.25) is 4.79 Å². The summed E-state index contributed by atoms with van der Waals surface area (Å²) in [4.78, 5) is 16.3. The molecule has 0 bridgehead atoms. The van der Waals surface area contributed by atoms with E-state index in [1.165, 1.54) is 17.4 Å². The topological polar surface area (TPSA) is 29.5 Å². The summed E-state index contributed by atoms with van der Waals surface area (Å²) in [6, 6.07) is 9.29. The first-order chi connectivity index (χ1) is 15.3. The molecular formula is C26H29ClFNO2S. The number of methoxy groups -OCH3 is 1. The first kappa shape index (κ1) is 23.1. The fraction of sp³-hybridized carbons (Fsp3) is 0.423. The molecule has 0 N–H and O–H groups in total. The van der Waals surface area contributed by atoms with Crippen molar-refractivity contribution in [3.8, 4) is 5.75 Å². The van der Waals surface area contributed by atoms with Crippen LogP contribution in [0.5, 0.6) is 5.75 Å². The number of aryl methyl sites for hydroxylation is 2. The van der Waals surface area contributed by atoms with Crippen molar-refractivity contribution in [3.05, 3.63) is 62.7 Å². The summed E-state index contributed by atoms with van der Waals surface area (Å²) in [5.74, 6) is 0.922. The van der Waals surface area contributed by atoms with E-state index in [2.05, 4.69) is 13.0 Å². The van der Waals surface area contributed by atoms with Crippen LogP contribution in [0, 0.1) is 25.6 Å². The second-order valence-corrected chi connectivity index (χ2v) is 10.4. The molecule has 1 saturated carbocycles. The fourth-order valence-corrected chi connectivity index (χ4v) is 6.23. The zero-order valence-corrected chi connectivity index (χ0v) is 20.6. The zero-order valence-electron chi connectivity index (χ0n) is 19.0. The van der Waals surface area contributed by atoms with Gasteiger partial charge in [-0.05, 0) is 63.1 Å². The molecule has 0 aliphatic heterocycles. The monoisotopic (exact) mass is 473 g/mol. The number of carbonyl (C=O) groups excluding carboxylic acids is 1. The van der Waals surface area contributed by atoms with Crippen molar-refractivity contribution in [3.63, 3.8) is 0 Å². The van der Waals surface area contributed by atoms with Gasteiger partial charge in [0.1, 0.15) is 16.4 Å². The molecule has 1 aliphatic rings. The van der Waals surface area contributed by atoms with Crippen molar-refractivity contribution in [2.24, 2.45) is 5.92 Å². The summed E-state index contributed by atoms with van der Waals surface area (Å²) < 4.78 is 20.9. The van der Waals surface area contributed by atoms with Gasteiger partial charge in [-0.1, -0.05) is 42.3 Å². The van der Waals surface area contributed by atoms with Crippen LogP contribution in [-0.4, -0.2) is 24.0 Å². The van der Waals surface area contributed by atoms with Crippen LogP contribution >= 0.6 is 22.9 Å². The Hall–Kier alpha value is -2.11. The van der Waals surface area contributed by atoms with Gasteiger partial charge in [0.25, 0.3) is 5.91 Å². The van der Waals surface area contributed by atoms with Crippen LogP contribution in [0.4, 0.5) is 4.39 Å². The highest BCUT2D eigenvalue weighted by Gasteiger charge is 2.32. The number of halogens is 2. The summed E-state index contributed by atoms with van der Waals surface area (Å²) >= 11 is 7.92. The highest BCUT2D eigenvalue weighted by molar-refractivity contribution is 7.21. The van der Waals surface area contributed by atoms with Crippen LogP contribution in [-0.2, 0) is 6.54 Å². The maximum Gasteiger partial charge on any atom is 0.266 e. The molecular weight excluding hydrogens is 445 g/mol. The fourth-order valence-electron chi connectivity index (χ4n) is 4.66. The number of fused-ring (bicyclic) bond motifs is 1. The third kappa shape index (κ3) is 4.38. The molecule has 2 aromatic carbocycles. The Labute approximate surface area is 198 Å². The average molecular weight is 474 g/mol. The molecule has 4 rings (SSSR count). The van der Waals surface area contributed by atoms with Gasteiger partial charge in [-0.15, -0.1) is 11.3 Å². The normalized spacial score (nSPS) is 18.7. The van der Waals surface area contributed by atoms with Crippen LogP contribution in [0.3, 0.4) is 0 Å². The minimum absolute atomic E-state index is 0.121. The first-order valence-electron chi connectivity index (χ1n) is 11.1. The van der Waals surface area contributed by atoms with Gasteiger partial charge in [0.15, 0.2) is 0 Å². The van der Waals surface area contributed by atoms with Crippen molar-refractivity contribution in [1.82, 2.24) is 4.90 Å². The van der Waals surface area contributed by atoms with Gasteiger partial charge in [-0.25, -0.2) is 4.39 Å². The smallest absolute Gasteiger partial charge is 0.266 e. The number of thiophene rings is 1. The van der Waals surface area contributed by atoms with Crippen LogP contribution in [0.1, 0.15) is 59.0 Å². The SMILES string of the molecule is COc1ccc(C)cc1CN(C(=O)c1sc2c(C)ccc(F)c2c1Cl)C1CCC(C)CC1. The van der Waals surface area contributed by atoms with E-state index >= 15 is 0 Å². The molecule has 32 heavy (non-hydrogen) atoms. The third-order valence-corrected chi connectivity index (χ3v) is 8.39. The number of hydrogen-bond acceptors (Lipinski definition) is 3. The molecule has 0 spiro atoms. The average Bonchev–Trinajstić information content (AvgIpc) is 3.13. The highest BCUT2D eigenvalue weighted by Crippen LogP contribution is 2.41. The third-order valence-electron chi connectivity index (χ3n) is 6.58. The lowest BCUT2D eigenvalue weighted by molar-refractivity contribution is 0.0597. The minimum Gasteiger partial charge on any atom is -0.496 e. The quantitative estimate of drug-likeness (QED) is 0.383. The molecule has 1 aliphatic carbocycles. The zero-order chi connectivity index (χ0) is 23.0. The molecule has 1 heterocycles. The number of benzene rings is 2. The van der Waals surface area contributed by atoms with Crippen LogP contribution in [0.25, 0.3) is 10.1 Å². The lowest BCUT2D eigenvalue weighted by Gasteiger charge is -2.36. The van der Waals surface area contributed by atoms with E-state index in [-0.39, 0.29) is 22.8 Å². The van der Waals surface area contributed by atoms with Crippen LogP contribution in [0.2, 0.25) is 5.02 Å². The van der Waals surface area contributed by atoms with Crippen LogP contribution < -0.4 is 4.74 Å². The summed E-state index contributed by atoms with van der Waals surface area (Å²) in [6.45, 7) is 6.65. The number of nitrogens with zero attached hydrogens (tertiary/aromatic N) is 1. The molecule has 170 valence electrons. The molecule has 3 aromatic rings. The Balaban J connectivity index is 1.77. The van der Waals surface area contributed by atoms with Crippen LogP contribution in [0.15, 0.2) is 30.3 Å². The van der Waals surface area contributed by atoms with Crippen molar-refractivity contribution in [1.29, 1.82) is 0 Å². The summed E-state index contributed by atoms with van der Waals surface area (Å²) in [6.07, 6.45) is 4.09. The molecule has 6 heteroatoms. The van der Waals surface area contributed by atoms with E-state index in [9.17, 15) is 9.18 Å². The molecule has 1 fully saturated rings.